The fraction of sp³-hybridized carbons (Fsp3) is 0.319. The molecule has 4 amide bonds. The number of hydrogen-bond acceptors (Lipinski definition) is 12. The maximum atomic E-state index is 14.4. The van der Waals surface area contributed by atoms with Crippen molar-refractivity contribution in [3.63, 3.8) is 0 Å². The zero-order valence-corrected chi connectivity index (χ0v) is 37.5. The number of rotatable bonds is 10. The van der Waals surface area contributed by atoms with E-state index in [0.29, 0.717) is 27.4 Å². The van der Waals surface area contributed by atoms with Crippen LogP contribution in [0, 0.1) is 0 Å². The van der Waals surface area contributed by atoms with E-state index in [0.717, 1.165) is 11.1 Å². The van der Waals surface area contributed by atoms with E-state index < -0.39 is 65.8 Å². The summed E-state index contributed by atoms with van der Waals surface area (Å²) in [7, 11) is 1.60. The summed E-state index contributed by atoms with van der Waals surface area (Å²) in [6.07, 6.45) is -0.567. The van der Waals surface area contributed by atoms with Crippen LogP contribution >= 0.6 is 11.6 Å². The minimum atomic E-state index is -1.25. The minimum Gasteiger partial charge on any atom is -0.428 e. The van der Waals surface area contributed by atoms with Crippen molar-refractivity contribution in [2.24, 2.45) is 11.5 Å². The third kappa shape index (κ3) is 13.3. The van der Waals surface area contributed by atoms with Gasteiger partial charge in [0.2, 0.25) is 17.7 Å². The second kappa shape index (κ2) is 20.5. The lowest BCUT2D eigenvalue weighted by atomic mass is 9.93. The average Bonchev–Trinajstić information content (AvgIpc) is 3.21. The number of halogens is 1. The molecule has 1 aliphatic rings. The maximum Gasteiger partial charge on any atom is 0.514 e. The number of amides is 4. The van der Waals surface area contributed by atoms with Crippen molar-refractivity contribution >= 4 is 47.5 Å². The predicted octanol–water partition coefficient (Wildman–Crippen LogP) is 6.19. The number of carbonyl (C=O) groups excluding carboxylic acids is 6. The molecule has 7 N–H and O–H groups in total. The first-order valence-corrected chi connectivity index (χ1v) is 20.7. The molecule has 0 spiro atoms. The lowest BCUT2D eigenvalue weighted by Gasteiger charge is -2.32. The van der Waals surface area contributed by atoms with Crippen LogP contribution in [0.15, 0.2) is 96.7 Å². The molecule has 64 heavy (non-hydrogen) atoms. The molecule has 0 aromatic heterocycles. The lowest BCUT2D eigenvalue weighted by Crippen LogP contribution is -2.50. The highest BCUT2D eigenvalue weighted by Gasteiger charge is 2.32. The van der Waals surface area contributed by atoms with Gasteiger partial charge < -0.3 is 51.3 Å². The van der Waals surface area contributed by atoms with E-state index >= 15 is 0 Å². The maximum absolute atomic E-state index is 14.4. The zero-order valence-electron chi connectivity index (χ0n) is 36.7. The molecule has 17 heteroatoms. The first-order chi connectivity index (χ1) is 30.1. The Morgan fingerprint density at radius 1 is 0.812 bits per heavy atom. The summed E-state index contributed by atoms with van der Waals surface area (Å²) in [5.74, 6) is -2.73. The molecule has 5 rings (SSSR count). The van der Waals surface area contributed by atoms with Gasteiger partial charge in [0.15, 0.2) is 0 Å². The Morgan fingerprint density at radius 2 is 1.36 bits per heavy atom. The summed E-state index contributed by atoms with van der Waals surface area (Å²) in [6, 6.07) is 21.0. The topological polar surface area (TPSA) is 231 Å². The van der Waals surface area contributed by atoms with E-state index in [4.69, 9.17) is 42.0 Å². The molecule has 0 saturated carbocycles. The van der Waals surface area contributed by atoms with Crippen molar-refractivity contribution in [3.8, 4) is 33.8 Å². The van der Waals surface area contributed by atoms with Crippen LogP contribution < -0.4 is 36.9 Å². The summed E-state index contributed by atoms with van der Waals surface area (Å²) in [5.41, 5.74) is 13.6. The zero-order chi connectivity index (χ0) is 46.9. The molecule has 1 aliphatic heterocycles. The van der Waals surface area contributed by atoms with Gasteiger partial charge in [-0.05, 0) is 118 Å². The summed E-state index contributed by atoms with van der Waals surface area (Å²) in [4.78, 5) is 81.7. The Balaban J connectivity index is 1.60. The molecular weight excluding hydrogens is 844 g/mol. The van der Waals surface area contributed by atoms with Crippen LogP contribution in [0.1, 0.15) is 69.1 Å². The minimum absolute atomic E-state index is 0.0165. The Labute approximate surface area is 376 Å². The molecule has 0 saturated heterocycles. The molecule has 0 aliphatic carbocycles. The average molecular weight is 897 g/mol. The van der Waals surface area contributed by atoms with Crippen molar-refractivity contribution < 1.29 is 47.7 Å². The summed E-state index contributed by atoms with van der Waals surface area (Å²) >= 11 is 6.05. The van der Waals surface area contributed by atoms with E-state index in [9.17, 15) is 28.8 Å². The fourth-order valence-corrected chi connectivity index (χ4v) is 6.76. The number of nitrogens with two attached hydrogens (primary N) is 2. The third-order valence-electron chi connectivity index (χ3n) is 9.56. The predicted molar refractivity (Wildman–Crippen MR) is 240 cm³/mol. The summed E-state index contributed by atoms with van der Waals surface area (Å²) in [5, 5.41) is 8.73. The van der Waals surface area contributed by atoms with E-state index in [1.165, 1.54) is 18.2 Å². The third-order valence-corrected chi connectivity index (χ3v) is 9.81. The number of nitrogens with zero attached hydrogens (tertiary/aromatic N) is 1. The molecule has 16 nitrogen and oxygen atoms in total. The number of carbonyl (C=O) groups is 6. The van der Waals surface area contributed by atoms with E-state index in [1.807, 2.05) is 24.3 Å². The van der Waals surface area contributed by atoms with E-state index in [1.54, 1.807) is 102 Å². The summed E-state index contributed by atoms with van der Waals surface area (Å²) < 4.78 is 22.4. The number of ether oxygens (including phenoxy) is 4. The van der Waals surface area contributed by atoms with Gasteiger partial charge in [-0.3, -0.25) is 19.2 Å². The quantitative estimate of drug-likeness (QED) is 0.0887. The van der Waals surface area contributed by atoms with Crippen molar-refractivity contribution in [3.05, 3.63) is 118 Å². The molecule has 0 fully saturated rings. The van der Waals surface area contributed by atoms with Gasteiger partial charge in [-0.2, -0.15) is 0 Å². The Kier molecular flexibility index (Phi) is 15.4. The van der Waals surface area contributed by atoms with Crippen LogP contribution in [0.4, 0.5) is 9.59 Å². The van der Waals surface area contributed by atoms with Crippen LogP contribution in [0.5, 0.6) is 11.5 Å². The van der Waals surface area contributed by atoms with Gasteiger partial charge in [0, 0.05) is 47.4 Å². The number of nitrogens with one attached hydrogen (secondary N) is 3. The van der Waals surface area contributed by atoms with Crippen molar-refractivity contribution in [2.75, 3.05) is 26.7 Å². The van der Waals surface area contributed by atoms with Gasteiger partial charge in [-0.15, -0.1) is 0 Å². The van der Waals surface area contributed by atoms with Crippen LogP contribution in [0.25, 0.3) is 22.3 Å². The van der Waals surface area contributed by atoms with Crippen LogP contribution in [0.3, 0.4) is 0 Å². The molecule has 4 aromatic rings. The molecule has 338 valence electrons. The molecule has 2 unspecified atom stereocenters. The van der Waals surface area contributed by atoms with Crippen LogP contribution in [0.2, 0.25) is 5.02 Å². The molecule has 0 radical (unpaired) electrons. The Hall–Kier alpha value is -6.91. The summed E-state index contributed by atoms with van der Waals surface area (Å²) in [6.45, 7) is 9.39. The Morgan fingerprint density at radius 3 is 1.91 bits per heavy atom. The highest BCUT2D eigenvalue weighted by molar-refractivity contribution is 6.30. The highest BCUT2D eigenvalue weighted by atomic mass is 35.5. The number of primary amides is 1. The van der Waals surface area contributed by atoms with Crippen molar-refractivity contribution in [1.29, 1.82) is 0 Å². The van der Waals surface area contributed by atoms with E-state index in [2.05, 4.69) is 16.0 Å². The van der Waals surface area contributed by atoms with Gasteiger partial charge in [0.05, 0.1) is 13.1 Å². The standard InChI is InChI=1S/C47H53ClN6O10/c1-46(2,3)63-44(59)61-37-18-8-27-22-34(37)35-24-31(15-19-38(35)62-45(60)64-47(4,5)6)40(43(58)52-26-39(55)53-36(23-27)41(50)56)54(7)33(20-21-49)25-51-42(57)30-11-9-28(10-12-30)29-13-16-32(48)17-14-29/h8-20,22,24,36,40H,21,23,25-26,49H2,1-7H3,(H2,50,56)(H,51,57)(H,52,58)(H,53,55). The van der Waals surface area contributed by atoms with Crippen molar-refractivity contribution in [1.82, 2.24) is 20.9 Å². The van der Waals surface area contributed by atoms with Crippen LogP contribution in [-0.4, -0.2) is 84.8 Å². The van der Waals surface area contributed by atoms with Gasteiger partial charge in [0.25, 0.3) is 5.91 Å². The second-order valence-electron chi connectivity index (χ2n) is 16.9. The van der Waals surface area contributed by atoms with Crippen LogP contribution in [-0.2, 0) is 30.3 Å². The first kappa shape index (κ1) is 48.1. The van der Waals surface area contributed by atoms with E-state index in [-0.39, 0.29) is 42.1 Å². The van der Waals surface area contributed by atoms with Gasteiger partial charge >= 0.3 is 12.3 Å². The number of benzene rings is 4. The SMILES string of the molecule is CN(C(=CCN)CNC(=O)c1ccc(-c2ccc(Cl)cc2)cc1)C1C(=O)NCC(=O)NC(C(N)=O)Cc2ccc(OC(=O)OC(C)(C)C)c(c2)-c2cc1ccc2OC(=O)OC(C)(C)C. The fourth-order valence-electron chi connectivity index (χ4n) is 6.63. The smallest absolute Gasteiger partial charge is 0.428 e. The largest absolute Gasteiger partial charge is 0.514 e. The molecule has 4 bridgehead atoms. The number of hydrogen-bond donors (Lipinski definition) is 5. The second-order valence-corrected chi connectivity index (χ2v) is 17.3. The molecule has 1 heterocycles. The number of fused-ring (bicyclic) bond motifs is 5. The molecular formula is C47H53ClN6O10. The monoisotopic (exact) mass is 896 g/mol. The Bertz CT molecular complexity index is 2420. The van der Waals surface area contributed by atoms with Gasteiger partial charge in [-0.1, -0.05) is 48.0 Å². The first-order valence-electron chi connectivity index (χ1n) is 20.3. The molecule has 4 aromatic carbocycles. The number of likely N-dealkylation sites (N-methyl/N-ethyl adjacent to an activating group) is 1. The lowest BCUT2D eigenvalue weighted by molar-refractivity contribution is -0.130. The molecule has 2 atom stereocenters. The highest BCUT2D eigenvalue weighted by Crippen LogP contribution is 2.41. The normalized spacial score (nSPS) is 15.7. The van der Waals surface area contributed by atoms with Gasteiger partial charge in [0.1, 0.15) is 34.8 Å². The van der Waals surface area contributed by atoms with Crippen molar-refractivity contribution in [2.45, 2.75) is 71.2 Å². The van der Waals surface area contributed by atoms with Gasteiger partial charge in [-0.25, -0.2) is 9.59 Å².